The lowest BCUT2D eigenvalue weighted by Gasteiger charge is -2.15. The Labute approximate surface area is 165 Å². The Morgan fingerprint density at radius 1 is 0.714 bits per heavy atom. The van der Waals surface area contributed by atoms with E-state index < -0.39 is 11.9 Å². The van der Waals surface area contributed by atoms with E-state index in [1.165, 1.54) is 0 Å². The smallest absolute Gasteiger partial charge is 0.335 e. The maximum atomic E-state index is 11.8. The van der Waals surface area contributed by atoms with Gasteiger partial charge >= 0.3 is 11.9 Å². The highest BCUT2D eigenvalue weighted by Gasteiger charge is 2.17. The summed E-state index contributed by atoms with van der Waals surface area (Å²) in [7, 11) is 0. The highest BCUT2D eigenvalue weighted by atomic mass is 16.5. The van der Waals surface area contributed by atoms with Gasteiger partial charge in [0.05, 0.1) is 0 Å². The molecule has 4 nitrogen and oxygen atoms in total. The molecule has 0 amide bonds. The molecule has 2 aromatic carbocycles. The van der Waals surface area contributed by atoms with Crippen molar-refractivity contribution >= 4 is 11.9 Å². The van der Waals surface area contributed by atoms with Gasteiger partial charge in [0, 0.05) is 23.3 Å². The normalized spacial score (nSPS) is 9.86. The van der Waals surface area contributed by atoms with Crippen molar-refractivity contribution < 1.29 is 19.1 Å². The molecule has 0 N–H and O–H groups in total. The van der Waals surface area contributed by atoms with Crippen molar-refractivity contribution in [2.45, 2.75) is 12.8 Å². The summed E-state index contributed by atoms with van der Waals surface area (Å²) in [6, 6.07) is 10.9. The lowest BCUT2D eigenvalue weighted by molar-refractivity contribution is -0.129. The summed E-state index contributed by atoms with van der Waals surface area (Å²) in [6.07, 6.45) is 7.01. The fourth-order valence-corrected chi connectivity index (χ4v) is 2.64. The van der Waals surface area contributed by atoms with E-state index >= 15 is 0 Å². The van der Waals surface area contributed by atoms with Crippen molar-refractivity contribution in [3.63, 3.8) is 0 Å². The van der Waals surface area contributed by atoms with E-state index in [1.54, 1.807) is 24.3 Å². The molecule has 0 aliphatic carbocycles. The summed E-state index contributed by atoms with van der Waals surface area (Å²) >= 11 is 0. The van der Waals surface area contributed by atoms with E-state index in [-0.39, 0.29) is 0 Å². The van der Waals surface area contributed by atoms with Crippen molar-refractivity contribution in [2.75, 3.05) is 0 Å². The summed E-state index contributed by atoms with van der Waals surface area (Å²) < 4.78 is 10.8. The predicted molar refractivity (Wildman–Crippen MR) is 111 cm³/mol. The molecule has 0 fully saturated rings. The van der Waals surface area contributed by atoms with Crippen LogP contribution in [0.4, 0.5) is 0 Å². The Morgan fingerprint density at radius 3 is 1.43 bits per heavy atom. The van der Waals surface area contributed by atoms with Crippen LogP contribution in [-0.4, -0.2) is 11.9 Å². The number of rotatable bonds is 9. The van der Waals surface area contributed by atoms with Crippen LogP contribution in [0.2, 0.25) is 0 Å². The molecule has 0 unspecified atom stereocenters. The lowest BCUT2D eigenvalue weighted by Crippen LogP contribution is -2.07. The van der Waals surface area contributed by atoms with Crippen molar-refractivity contribution in [1.29, 1.82) is 0 Å². The SMILES string of the molecule is C=CCc1ccc(OC(=O)C=C)c(-c2cc(CC=C)ccc2OC(=O)C=C)c1. The molecule has 0 heterocycles. The van der Waals surface area contributed by atoms with E-state index in [9.17, 15) is 9.59 Å². The van der Waals surface area contributed by atoms with Crippen LogP contribution >= 0.6 is 0 Å². The average Bonchev–Trinajstić information content (AvgIpc) is 2.70. The van der Waals surface area contributed by atoms with Crippen LogP contribution in [0.25, 0.3) is 11.1 Å². The van der Waals surface area contributed by atoms with Crippen molar-refractivity contribution in [3.05, 3.63) is 98.1 Å². The Bertz CT molecular complexity index is 860. The van der Waals surface area contributed by atoms with Crippen LogP contribution in [0.5, 0.6) is 11.5 Å². The molecule has 0 aliphatic rings. The fourth-order valence-electron chi connectivity index (χ4n) is 2.64. The lowest BCUT2D eigenvalue weighted by atomic mass is 9.97. The minimum Gasteiger partial charge on any atom is -0.423 e. The second-order valence-electron chi connectivity index (χ2n) is 5.90. The number of carbonyl (C=O) groups excluding carboxylic acids is 2. The number of hydrogen-bond donors (Lipinski definition) is 0. The van der Waals surface area contributed by atoms with E-state index in [2.05, 4.69) is 26.3 Å². The zero-order valence-electron chi connectivity index (χ0n) is 15.6. The Morgan fingerprint density at radius 2 is 1.11 bits per heavy atom. The molecule has 0 saturated heterocycles. The minimum atomic E-state index is -0.579. The number of benzene rings is 2. The molecular formula is C24H22O4. The predicted octanol–water partition coefficient (Wildman–Crippen LogP) is 4.99. The molecule has 0 radical (unpaired) electrons. The molecule has 0 atom stereocenters. The van der Waals surface area contributed by atoms with Crippen molar-refractivity contribution in [3.8, 4) is 22.6 Å². The molecule has 0 saturated carbocycles. The van der Waals surface area contributed by atoms with Gasteiger partial charge in [0.2, 0.25) is 0 Å². The number of allylic oxidation sites excluding steroid dienone is 2. The molecule has 0 spiro atoms. The zero-order chi connectivity index (χ0) is 20.5. The molecule has 2 rings (SSSR count). The second kappa shape index (κ2) is 9.88. The van der Waals surface area contributed by atoms with Gasteiger partial charge in [-0.15, -0.1) is 13.2 Å². The van der Waals surface area contributed by atoms with Gasteiger partial charge in [-0.1, -0.05) is 37.4 Å². The van der Waals surface area contributed by atoms with Crippen LogP contribution < -0.4 is 9.47 Å². The molecule has 0 aliphatic heterocycles. The van der Waals surface area contributed by atoms with Crippen molar-refractivity contribution in [2.24, 2.45) is 0 Å². The summed E-state index contributed by atoms with van der Waals surface area (Å²) in [4.78, 5) is 23.6. The van der Waals surface area contributed by atoms with E-state index in [1.807, 2.05) is 24.3 Å². The van der Waals surface area contributed by atoms with Gasteiger partial charge in [0.25, 0.3) is 0 Å². The van der Waals surface area contributed by atoms with E-state index in [0.717, 1.165) is 23.3 Å². The van der Waals surface area contributed by atoms with Crippen LogP contribution in [0, 0.1) is 0 Å². The standard InChI is InChI=1S/C24H22O4/c1-5-9-17-11-13-21(27-23(25)7-3)19(15-17)20-16-18(10-6-2)12-14-22(20)28-24(26)8-4/h5-8,11-16H,1-4,9-10H2. The fraction of sp³-hybridized carbons (Fsp3) is 0.0833. The van der Waals surface area contributed by atoms with Crippen LogP contribution in [0.1, 0.15) is 11.1 Å². The summed E-state index contributed by atoms with van der Waals surface area (Å²) in [6.45, 7) is 14.4. The third-order valence-corrected chi connectivity index (χ3v) is 3.89. The highest BCUT2D eigenvalue weighted by Crippen LogP contribution is 2.38. The largest absolute Gasteiger partial charge is 0.423 e. The van der Waals surface area contributed by atoms with Crippen LogP contribution in [0.3, 0.4) is 0 Å². The third kappa shape index (κ3) is 5.17. The topological polar surface area (TPSA) is 52.6 Å². The highest BCUT2D eigenvalue weighted by molar-refractivity contribution is 5.88. The molecule has 4 heteroatoms. The Hall–Kier alpha value is -3.66. The van der Waals surface area contributed by atoms with Gasteiger partial charge in [0.15, 0.2) is 0 Å². The second-order valence-corrected chi connectivity index (χ2v) is 5.90. The van der Waals surface area contributed by atoms with Crippen LogP contribution in [-0.2, 0) is 22.4 Å². The summed E-state index contributed by atoms with van der Waals surface area (Å²) in [5, 5.41) is 0. The number of ether oxygens (including phenoxy) is 2. The van der Waals surface area contributed by atoms with E-state index in [0.29, 0.717) is 35.5 Å². The maximum absolute atomic E-state index is 11.8. The van der Waals surface area contributed by atoms with Crippen LogP contribution in [0.15, 0.2) is 87.0 Å². The number of hydrogen-bond acceptors (Lipinski definition) is 4. The monoisotopic (exact) mass is 374 g/mol. The van der Waals surface area contributed by atoms with E-state index in [4.69, 9.17) is 9.47 Å². The van der Waals surface area contributed by atoms with Crippen molar-refractivity contribution in [1.82, 2.24) is 0 Å². The molecule has 2 aromatic rings. The number of esters is 2. The summed E-state index contributed by atoms with van der Waals surface area (Å²) in [5.41, 5.74) is 3.18. The molecule has 0 aromatic heterocycles. The molecule has 28 heavy (non-hydrogen) atoms. The average molecular weight is 374 g/mol. The first kappa shape index (κ1) is 20.6. The molecule has 142 valence electrons. The van der Waals surface area contributed by atoms with Gasteiger partial charge in [-0.2, -0.15) is 0 Å². The zero-order valence-corrected chi connectivity index (χ0v) is 15.6. The maximum Gasteiger partial charge on any atom is 0.335 e. The molecule has 0 bridgehead atoms. The molecular weight excluding hydrogens is 352 g/mol. The van der Waals surface area contributed by atoms with Gasteiger partial charge in [0.1, 0.15) is 11.5 Å². The Kier molecular flexibility index (Phi) is 7.28. The van der Waals surface area contributed by atoms with Gasteiger partial charge in [-0.25, -0.2) is 9.59 Å². The summed E-state index contributed by atoms with van der Waals surface area (Å²) in [5.74, 6) is -0.483. The first-order valence-corrected chi connectivity index (χ1v) is 8.68. The first-order chi connectivity index (χ1) is 13.5. The van der Waals surface area contributed by atoms with Gasteiger partial charge in [-0.3, -0.25) is 0 Å². The minimum absolute atomic E-state index is 0.337. The van der Waals surface area contributed by atoms with Gasteiger partial charge in [-0.05, 0) is 48.2 Å². The third-order valence-electron chi connectivity index (χ3n) is 3.89. The Balaban J connectivity index is 2.69. The van der Waals surface area contributed by atoms with Gasteiger partial charge < -0.3 is 9.47 Å². The quantitative estimate of drug-likeness (QED) is 0.268. The number of carbonyl (C=O) groups is 2. The first-order valence-electron chi connectivity index (χ1n) is 8.68.